The third-order valence-corrected chi connectivity index (χ3v) is 7.52. The van der Waals surface area contributed by atoms with E-state index in [9.17, 15) is 10.1 Å². The summed E-state index contributed by atoms with van der Waals surface area (Å²) in [5, 5.41) is 9.40. The molecule has 0 unspecified atom stereocenters. The Hall–Kier alpha value is -4.59. The highest BCUT2D eigenvalue weighted by atomic mass is 16.5. The predicted octanol–water partition coefficient (Wildman–Crippen LogP) is 3.63. The highest BCUT2D eigenvalue weighted by Crippen LogP contribution is 2.33. The van der Waals surface area contributed by atoms with E-state index in [1.54, 1.807) is 42.1 Å². The molecule has 1 fully saturated rings. The third kappa shape index (κ3) is 5.55. The number of aryl methyl sites for hydroxylation is 1. The average Bonchev–Trinajstić information content (AvgIpc) is 3.63. The van der Waals surface area contributed by atoms with Crippen molar-refractivity contribution in [2.45, 2.75) is 13.1 Å². The Bertz CT molecular complexity index is 1610. The molecule has 2 aliphatic heterocycles. The van der Waals surface area contributed by atoms with Crippen molar-refractivity contribution in [3.8, 4) is 34.6 Å². The number of nitrogens with zero attached hydrogens (tertiary/aromatic N) is 6. The normalized spacial score (nSPS) is 15.5. The largest absolute Gasteiger partial charge is 0.493 e. The van der Waals surface area contributed by atoms with Gasteiger partial charge in [-0.1, -0.05) is 6.07 Å². The molecule has 2 aliphatic rings. The molecule has 4 bridgehead atoms. The molecule has 4 heterocycles. The van der Waals surface area contributed by atoms with Crippen molar-refractivity contribution in [2.75, 3.05) is 46.6 Å². The van der Waals surface area contributed by atoms with Gasteiger partial charge in [0.05, 0.1) is 32.4 Å². The Kier molecular flexibility index (Phi) is 7.46. The van der Waals surface area contributed by atoms with Crippen LogP contribution in [0.25, 0.3) is 17.1 Å². The molecule has 0 aliphatic carbocycles. The highest BCUT2D eigenvalue weighted by molar-refractivity contribution is 5.93. The van der Waals surface area contributed by atoms with Gasteiger partial charge in [0.1, 0.15) is 24.2 Å². The number of ether oxygens (including phenoxy) is 3. The number of morpholine rings is 1. The summed E-state index contributed by atoms with van der Waals surface area (Å²) in [5.41, 5.74) is 4.91. The molecule has 10 heteroatoms. The summed E-state index contributed by atoms with van der Waals surface area (Å²) in [7, 11) is 3.39. The number of methoxy groups -OCH3 is 1. The number of hydrogen-bond donors (Lipinski definition) is 0. The first-order valence-electron chi connectivity index (χ1n) is 13.7. The first-order chi connectivity index (χ1) is 20.0. The van der Waals surface area contributed by atoms with Crippen molar-refractivity contribution >= 4 is 5.91 Å². The van der Waals surface area contributed by atoms with E-state index in [-0.39, 0.29) is 12.5 Å². The molecule has 0 N–H and O–H groups in total. The summed E-state index contributed by atoms with van der Waals surface area (Å²) in [4.78, 5) is 22.7. The fourth-order valence-corrected chi connectivity index (χ4v) is 5.48. The average molecular weight is 553 g/mol. The van der Waals surface area contributed by atoms with E-state index in [1.165, 1.54) is 0 Å². The molecular weight excluding hydrogens is 520 g/mol. The number of fused-ring (bicyclic) bond motifs is 7. The van der Waals surface area contributed by atoms with E-state index in [0.717, 1.165) is 61.1 Å². The first kappa shape index (κ1) is 26.6. The van der Waals surface area contributed by atoms with Crippen LogP contribution in [0.3, 0.4) is 0 Å². The number of rotatable bonds is 4. The summed E-state index contributed by atoms with van der Waals surface area (Å²) in [6, 6.07) is 16.0. The van der Waals surface area contributed by atoms with E-state index >= 15 is 0 Å². The topological polar surface area (TPSA) is 97.8 Å². The van der Waals surface area contributed by atoms with Gasteiger partial charge in [-0.25, -0.2) is 4.98 Å². The van der Waals surface area contributed by atoms with Crippen LogP contribution in [0, 0.1) is 11.3 Å². The fraction of sp³-hybridized carbons (Fsp3) is 0.323. The van der Waals surface area contributed by atoms with Crippen LogP contribution in [0.5, 0.6) is 11.5 Å². The number of imidazole rings is 1. The summed E-state index contributed by atoms with van der Waals surface area (Å²) in [6.07, 6.45) is 5.41. The van der Waals surface area contributed by atoms with E-state index in [2.05, 4.69) is 38.7 Å². The maximum atomic E-state index is 13.9. The van der Waals surface area contributed by atoms with Gasteiger partial charge in [-0.3, -0.25) is 14.3 Å². The lowest BCUT2D eigenvalue weighted by Crippen LogP contribution is -2.36. The molecule has 6 rings (SSSR count). The molecule has 4 aromatic rings. The van der Waals surface area contributed by atoms with Crippen LogP contribution < -0.4 is 9.47 Å². The van der Waals surface area contributed by atoms with Crippen molar-refractivity contribution < 1.29 is 19.0 Å². The first-order valence-corrected chi connectivity index (χ1v) is 13.7. The zero-order valence-electron chi connectivity index (χ0n) is 23.2. The van der Waals surface area contributed by atoms with Gasteiger partial charge in [0.15, 0.2) is 11.5 Å². The smallest absolute Gasteiger partial charge is 0.270 e. The molecule has 1 saturated heterocycles. The number of carbonyl (C=O) groups is 1. The number of carbonyl (C=O) groups excluding carboxylic acids is 1. The Balaban J connectivity index is 1.45. The Morgan fingerprint density at radius 3 is 2.73 bits per heavy atom. The molecule has 210 valence electrons. The van der Waals surface area contributed by atoms with Gasteiger partial charge in [0.25, 0.3) is 5.91 Å². The quantitative estimate of drug-likeness (QED) is 0.381. The van der Waals surface area contributed by atoms with Crippen LogP contribution in [-0.2, 0) is 24.9 Å². The Morgan fingerprint density at radius 2 is 1.95 bits per heavy atom. The zero-order chi connectivity index (χ0) is 28.3. The lowest BCUT2D eigenvalue weighted by atomic mass is 10.1. The van der Waals surface area contributed by atoms with Crippen molar-refractivity contribution in [1.29, 1.82) is 5.26 Å². The van der Waals surface area contributed by atoms with Crippen LogP contribution in [0.15, 0.2) is 61.1 Å². The molecule has 1 amide bonds. The Labute approximate surface area is 238 Å². The van der Waals surface area contributed by atoms with Gasteiger partial charge in [0, 0.05) is 63.1 Å². The van der Waals surface area contributed by atoms with Gasteiger partial charge < -0.3 is 23.7 Å². The second-order valence-electron chi connectivity index (χ2n) is 10.3. The molecule has 0 saturated carbocycles. The number of hydrogen-bond acceptors (Lipinski definition) is 7. The summed E-state index contributed by atoms with van der Waals surface area (Å²) in [6.45, 7) is 4.95. The summed E-state index contributed by atoms with van der Waals surface area (Å²) < 4.78 is 21.1. The SMILES string of the molecule is COc1ccc2cc1OCCN(C(=O)c1cc(C#N)cn1C)Cc1cc(CN3CCOCC3)cc(c1)-n1ccnc1-2. The number of nitriles is 1. The van der Waals surface area contributed by atoms with Gasteiger partial charge in [0.2, 0.25) is 0 Å². The van der Waals surface area contributed by atoms with E-state index in [0.29, 0.717) is 35.8 Å². The minimum absolute atomic E-state index is 0.170. The van der Waals surface area contributed by atoms with E-state index < -0.39 is 0 Å². The Morgan fingerprint density at radius 1 is 1.10 bits per heavy atom. The fourth-order valence-electron chi connectivity index (χ4n) is 5.48. The third-order valence-electron chi connectivity index (χ3n) is 7.52. The van der Waals surface area contributed by atoms with Crippen LogP contribution in [0.2, 0.25) is 0 Å². The minimum atomic E-state index is -0.170. The highest BCUT2D eigenvalue weighted by Gasteiger charge is 2.23. The van der Waals surface area contributed by atoms with Crippen LogP contribution >= 0.6 is 0 Å². The van der Waals surface area contributed by atoms with Gasteiger partial charge in [-0.2, -0.15) is 5.26 Å². The molecule has 0 spiro atoms. The molecule has 2 aromatic carbocycles. The molecule has 2 aromatic heterocycles. The van der Waals surface area contributed by atoms with E-state index in [4.69, 9.17) is 14.2 Å². The molecule has 10 nitrogen and oxygen atoms in total. The van der Waals surface area contributed by atoms with Crippen molar-refractivity contribution in [3.63, 3.8) is 0 Å². The van der Waals surface area contributed by atoms with Crippen LogP contribution in [-0.4, -0.2) is 76.4 Å². The van der Waals surface area contributed by atoms with Crippen LogP contribution in [0.1, 0.15) is 27.2 Å². The second kappa shape index (κ2) is 11.5. The predicted molar refractivity (Wildman–Crippen MR) is 152 cm³/mol. The zero-order valence-corrected chi connectivity index (χ0v) is 23.2. The number of benzene rings is 2. The van der Waals surface area contributed by atoms with Crippen molar-refractivity contribution in [3.05, 3.63) is 83.4 Å². The van der Waals surface area contributed by atoms with Gasteiger partial charge in [-0.15, -0.1) is 0 Å². The van der Waals surface area contributed by atoms with Gasteiger partial charge >= 0.3 is 0 Å². The lowest BCUT2D eigenvalue weighted by Gasteiger charge is -2.27. The van der Waals surface area contributed by atoms with Gasteiger partial charge in [-0.05, 0) is 47.5 Å². The molecule has 0 atom stereocenters. The minimum Gasteiger partial charge on any atom is -0.493 e. The van der Waals surface area contributed by atoms with E-state index in [1.807, 2.05) is 24.4 Å². The number of aromatic nitrogens is 3. The maximum Gasteiger partial charge on any atom is 0.270 e. The monoisotopic (exact) mass is 552 g/mol. The molecule has 41 heavy (non-hydrogen) atoms. The summed E-state index contributed by atoms with van der Waals surface area (Å²) in [5.74, 6) is 1.80. The summed E-state index contributed by atoms with van der Waals surface area (Å²) >= 11 is 0. The second-order valence-corrected chi connectivity index (χ2v) is 10.3. The van der Waals surface area contributed by atoms with Crippen LogP contribution in [0.4, 0.5) is 0 Å². The lowest BCUT2D eigenvalue weighted by molar-refractivity contribution is 0.0341. The standard InChI is InChI=1S/C31H32N6O4/c1-34-19-24(18-32)16-27(34)31(38)36-9-12-41-29-17-25(3-4-28(29)39-2)30-33-5-6-37(30)26-14-22(13-23(15-26)21-36)20-35-7-10-40-11-8-35/h3-6,13-17,19H,7-12,20-21H2,1-2H3. The number of amides is 1. The van der Waals surface area contributed by atoms with Crippen molar-refractivity contribution in [2.24, 2.45) is 7.05 Å². The molecule has 0 radical (unpaired) electrons. The maximum absolute atomic E-state index is 13.9. The van der Waals surface area contributed by atoms with Crippen molar-refractivity contribution in [1.82, 2.24) is 23.9 Å². The molecular formula is C31H32N6O4.